The van der Waals surface area contributed by atoms with Gasteiger partial charge in [-0.05, 0) is 36.8 Å². The summed E-state index contributed by atoms with van der Waals surface area (Å²) in [5, 5.41) is 3.37. The van der Waals surface area contributed by atoms with Gasteiger partial charge in [-0.15, -0.1) is 0 Å². The summed E-state index contributed by atoms with van der Waals surface area (Å²) in [4.78, 5) is 44.1. The van der Waals surface area contributed by atoms with Crippen molar-refractivity contribution in [3.63, 3.8) is 0 Å². The molecule has 0 unspecified atom stereocenters. The smallest absolute Gasteiger partial charge is 0.265 e. The number of nitrogens with one attached hydrogen (secondary N) is 1. The third kappa shape index (κ3) is 5.35. The number of carbonyl (C=O) groups is 2. The molecule has 0 aliphatic carbocycles. The second-order valence-electron chi connectivity index (χ2n) is 8.78. The van der Waals surface area contributed by atoms with E-state index in [0.29, 0.717) is 5.02 Å². The number of rotatable bonds is 6. The van der Waals surface area contributed by atoms with Crippen LogP contribution in [-0.2, 0) is 27.7 Å². The predicted molar refractivity (Wildman–Crippen MR) is 128 cm³/mol. The Labute approximate surface area is 205 Å². The van der Waals surface area contributed by atoms with Crippen molar-refractivity contribution < 1.29 is 22.4 Å². The van der Waals surface area contributed by atoms with Crippen molar-refractivity contribution in [3.05, 3.63) is 69.1 Å². The Morgan fingerprint density at radius 1 is 1.20 bits per heavy atom. The zero-order valence-electron chi connectivity index (χ0n) is 18.9. The van der Waals surface area contributed by atoms with Crippen molar-refractivity contribution in [1.82, 2.24) is 19.8 Å². The van der Waals surface area contributed by atoms with Gasteiger partial charge < -0.3 is 10.2 Å². The van der Waals surface area contributed by atoms with Crippen LogP contribution >= 0.6 is 11.6 Å². The molecule has 0 spiro atoms. The van der Waals surface area contributed by atoms with Crippen LogP contribution in [0.2, 0.25) is 5.02 Å². The maximum Gasteiger partial charge on any atom is 0.265 e. The van der Waals surface area contributed by atoms with Gasteiger partial charge in [0, 0.05) is 29.4 Å². The molecule has 1 saturated heterocycles. The number of hydrogen-bond acceptors (Lipinski definition) is 6. The Bertz CT molecular complexity index is 1490. The van der Waals surface area contributed by atoms with E-state index in [1.807, 2.05) is 0 Å². The number of benzene rings is 1. The Balaban J connectivity index is 1.72. The highest BCUT2D eigenvalue weighted by molar-refractivity contribution is 7.90. The van der Waals surface area contributed by atoms with E-state index < -0.39 is 39.4 Å². The highest BCUT2D eigenvalue weighted by atomic mass is 35.5. The number of nitrogens with zero attached hydrogens (tertiary/aromatic N) is 3. The summed E-state index contributed by atoms with van der Waals surface area (Å²) in [5.74, 6) is -1.23. The first-order chi connectivity index (χ1) is 16.3. The topological polar surface area (TPSA) is 118 Å². The molecule has 1 N–H and O–H groups in total. The Hall–Kier alpha value is -3.31. The number of fused-ring (bicyclic) bond motifs is 1. The number of pyridine rings is 2. The van der Waals surface area contributed by atoms with Gasteiger partial charge in [-0.25, -0.2) is 17.8 Å². The van der Waals surface area contributed by atoms with Crippen molar-refractivity contribution >= 4 is 44.3 Å². The number of halogens is 2. The summed E-state index contributed by atoms with van der Waals surface area (Å²) in [7, 11) is -3.62. The normalized spacial score (nSPS) is 15.0. The van der Waals surface area contributed by atoms with Crippen LogP contribution in [-0.4, -0.2) is 59.7 Å². The maximum absolute atomic E-state index is 13.9. The highest BCUT2D eigenvalue weighted by Crippen LogP contribution is 2.25. The number of carbonyl (C=O) groups excluding carboxylic acids is 2. The molecule has 4 rings (SSSR count). The van der Waals surface area contributed by atoms with Gasteiger partial charge in [0.15, 0.2) is 9.84 Å². The van der Waals surface area contributed by atoms with Gasteiger partial charge in [0.25, 0.3) is 11.5 Å². The van der Waals surface area contributed by atoms with E-state index in [1.165, 1.54) is 24.0 Å². The SMILES string of the molecule is CC1(F)CN(C(=O)Cn2c(=O)c(C(=O)NCc3ccc(Cl)cc3)cc3cc(S(C)(=O)=O)cnc32)C1. The van der Waals surface area contributed by atoms with Crippen molar-refractivity contribution in [2.75, 3.05) is 19.3 Å². The van der Waals surface area contributed by atoms with Crippen LogP contribution in [0.5, 0.6) is 0 Å². The van der Waals surface area contributed by atoms with Crippen LogP contribution < -0.4 is 10.9 Å². The van der Waals surface area contributed by atoms with Crippen molar-refractivity contribution in [2.45, 2.75) is 30.6 Å². The third-order valence-electron chi connectivity index (χ3n) is 5.63. The van der Waals surface area contributed by atoms with Gasteiger partial charge in [0.05, 0.1) is 18.0 Å². The van der Waals surface area contributed by atoms with E-state index in [1.54, 1.807) is 24.3 Å². The number of hydrogen-bond donors (Lipinski definition) is 1. The fourth-order valence-corrected chi connectivity index (χ4v) is 4.51. The first kappa shape index (κ1) is 24.8. The van der Waals surface area contributed by atoms with Gasteiger partial charge in [0.2, 0.25) is 5.91 Å². The summed E-state index contributed by atoms with van der Waals surface area (Å²) < 4.78 is 38.9. The zero-order chi connectivity index (χ0) is 25.5. The van der Waals surface area contributed by atoms with E-state index in [4.69, 9.17) is 11.6 Å². The molecular formula is C23H22ClFN4O5S. The largest absolute Gasteiger partial charge is 0.348 e. The van der Waals surface area contributed by atoms with Crippen LogP contribution in [0.4, 0.5) is 4.39 Å². The maximum atomic E-state index is 13.9. The minimum Gasteiger partial charge on any atom is -0.348 e. The van der Waals surface area contributed by atoms with Gasteiger partial charge >= 0.3 is 0 Å². The van der Waals surface area contributed by atoms with Crippen molar-refractivity contribution in [1.29, 1.82) is 0 Å². The van der Waals surface area contributed by atoms with Crippen LogP contribution in [0.15, 0.2) is 52.3 Å². The monoisotopic (exact) mass is 520 g/mol. The van der Waals surface area contributed by atoms with Crippen LogP contribution in [0.1, 0.15) is 22.8 Å². The quantitative estimate of drug-likeness (QED) is 0.531. The van der Waals surface area contributed by atoms with Crippen molar-refractivity contribution in [2.24, 2.45) is 0 Å². The Morgan fingerprint density at radius 2 is 1.86 bits per heavy atom. The number of aromatic nitrogens is 2. The van der Waals surface area contributed by atoms with Gasteiger partial charge in [-0.2, -0.15) is 0 Å². The summed E-state index contributed by atoms with van der Waals surface area (Å²) in [5.41, 5.74) is -1.77. The summed E-state index contributed by atoms with van der Waals surface area (Å²) in [6.07, 6.45) is 2.09. The highest BCUT2D eigenvalue weighted by Gasteiger charge is 2.41. The lowest BCUT2D eigenvalue weighted by molar-refractivity contribution is -0.144. The minimum absolute atomic E-state index is 0.0357. The molecule has 1 aliphatic heterocycles. The number of sulfone groups is 1. The molecule has 2 aromatic heterocycles. The average molecular weight is 521 g/mol. The van der Waals surface area contributed by atoms with Gasteiger partial charge in [-0.3, -0.25) is 19.0 Å². The average Bonchev–Trinajstić information content (AvgIpc) is 2.77. The molecule has 9 nitrogen and oxygen atoms in total. The molecule has 3 aromatic rings. The predicted octanol–water partition coefficient (Wildman–Crippen LogP) is 1.95. The Kier molecular flexibility index (Phi) is 6.41. The van der Waals surface area contributed by atoms with E-state index in [2.05, 4.69) is 10.3 Å². The minimum atomic E-state index is -3.62. The van der Waals surface area contributed by atoms with Gasteiger partial charge in [0.1, 0.15) is 23.4 Å². The van der Waals surface area contributed by atoms with Gasteiger partial charge in [-0.1, -0.05) is 23.7 Å². The Morgan fingerprint density at radius 3 is 2.46 bits per heavy atom. The molecule has 1 aliphatic rings. The summed E-state index contributed by atoms with van der Waals surface area (Å²) >= 11 is 5.87. The standard InChI is InChI=1S/C23H22ClFN4O5S/c1-23(25)12-28(13-23)19(30)11-29-20-15(7-17(10-26-20)35(2,33)34)8-18(22(29)32)21(31)27-9-14-3-5-16(24)6-4-14/h3-8,10H,9,11-13H2,1-2H3,(H,27,31). The lowest BCUT2D eigenvalue weighted by Crippen LogP contribution is -2.60. The molecule has 1 aromatic carbocycles. The fraction of sp³-hybridized carbons (Fsp3) is 0.304. The fourth-order valence-electron chi connectivity index (χ4n) is 3.80. The first-order valence-corrected chi connectivity index (χ1v) is 12.8. The van der Waals surface area contributed by atoms with Crippen LogP contribution in [0.3, 0.4) is 0 Å². The van der Waals surface area contributed by atoms with Crippen LogP contribution in [0.25, 0.3) is 11.0 Å². The zero-order valence-corrected chi connectivity index (χ0v) is 20.5. The van der Waals surface area contributed by atoms with Crippen molar-refractivity contribution in [3.8, 4) is 0 Å². The van der Waals surface area contributed by atoms with Crippen LogP contribution in [0, 0.1) is 0 Å². The molecule has 2 amide bonds. The molecule has 0 radical (unpaired) electrons. The number of likely N-dealkylation sites (tertiary alicyclic amines) is 1. The number of alkyl halides is 1. The molecule has 184 valence electrons. The molecule has 0 atom stereocenters. The van der Waals surface area contributed by atoms with E-state index in [9.17, 15) is 27.2 Å². The first-order valence-electron chi connectivity index (χ1n) is 10.6. The summed E-state index contributed by atoms with van der Waals surface area (Å²) in [6.45, 7) is 0.793. The summed E-state index contributed by atoms with van der Waals surface area (Å²) in [6, 6.07) is 9.29. The molecule has 12 heteroatoms. The second kappa shape index (κ2) is 9.04. The second-order valence-corrected chi connectivity index (χ2v) is 11.2. The lowest BCUT2D eigenvalue weighted by atomic mass is 9.99. The number of amides is 2. The third-order valence-corrected chi connectivity index (χ3v) is 6.96. The molecular weight excluding hydrogens is 499 g/mol. The van der Waals surface area contributed by atoms with E-state index >= 15 is 0 Å². The molecule has 35 heavy (non-hydrogen) atoms. The van der Waals surface area contributed by atoms with E-state index in [-0.39, 0.29) is 41.1 Å². The lowest BCUT2D eigenvalue weighted by Gasteiger charge is -2.42. The molecule has 3 heterocycles. The molecule has 0 saturated carbocycles. The molecule has 0 bridgehead atoms. The van der Waals surface area contributed by atoms with E-state index in [0.717, 1.165) is 22.6 Å². The molecule has 1 fully saturated rings.